The topological polar surface area (TPSA) is 112 Å². The van der Waals surface area contributed by atoms with Crippen LogP contribution in [0.5, 0.6) is 0 Å². The zero-order valence-electron chi connectivity index (χ0n) is 15.6. The molecule has 0 aliphatic rings. The summed E-state index contributed by atoms with van der Waals surface area (Å²) < 4.78 is 25.4. The zero-order chi connectivity index (χ0) is 22.9. The van der Waals surface area contributed by atoms with Crippen molar-refractivity contribution < 1.29 is 18.0 Å². The fourth-order valence-electron chi connectivity index (χ4n) is 2.76. The summed E-state index contributed by atoms with van der Waals surface area (Å²) in [6.07, 6.45) is 4.85. The smallest absolute Gasteiger partial charge is 0.266 e. The maximum absolute atomic E-state index is 11.8. The summed E-state index contributed by atoms with van der Waals surface area (Å²) in [7, 11) is -3.59. The SMILES string of the molecule is CS(=O)(=O)NC(=O)c1c[nH]c2cc(Cl)c(Br)cc12.O=Cc1c[nH]c2cc(Cl)c(Br)cc12. The minimum absolute atomic E-state index is 0.243. The minimum Gasteiger partial charge on any atom is -0.360 e. The van der Waals surface area contributed by atoms with Crippen molar-refractivity contribution in [3.05, 3.63) is 66.8 Å². The van der Waals surface area contributed by atoms with Crippen molar-refractivity contribution in [2.24, 2.45) is 0 Å². The van der Waals surface area contributed by atoms with Crippen molar-refractivity contribution in [3.63, 3.8) is 0 Å². The first-order valence-electron chi connectivity index (χ1n) is 8.39. The average molecular weight is 610 g/mol. The highest BCUT2D eigenvalue weighted by Gasteiger charge is 2.16. The van der Waals surface area contributed by atoms with Crippen LogP contribution in [0.25, 0.3) is 21.8 Å². The number of H-pyrrole nitrogens is 2. The normalized spacial score (nSPS) is 11.3. The molecule has 0 aliphatic heterocycles. The maximum atomic E-state index is 11.8. The van der Waals surface area contributed by atoms with Crippen molar-refractivity contribution in [3.8, 4) is 0 Å². The molecule has 0 aliphatic carbocycles. The number of aromatic amines is 2. The Hall–Kier alpha value is -1.85. The van der Waals surface area contributed by atoms with E-state index in [2.05, 4.69) is 41.8 Å². The molecule has 2 heterocycles. The molecular weight excluding hydrogens is 597 g/mol. The molecule has 12 heteroatoms. The molecule has 3 N–H and O–H groups in total. The molecule has 0 unspecified atom stereocenters. The molecule has 1 amide bonds. The fourth-order valence-corrected chi connectivity index (χ4v) is 4.22. The van der Waals surface area contributed by atoms with Gasteiger partial charge < -0.3 is 9.97 Å². The van der Waals surface area contributed by atoms with Crippen LogP contribution in [-0.2, 0) is 10.0 Å². The van der Waals surface area contributed by atoms with E-state index in [0.29, 0.717) is 31.0 Å². The molecule has 0 fully saturated rings. The number of hydrogen-bond donors (Lipinski definition) is 3. The van der Waals surface area contributed by atoms with E-state index in [-0.39, 0.29) is 5.56 Å². The number of nitrogens with one attached hydrogen (secondary N) is 3. The highest BCUT2D eigenvalue weighted by Crippen LogP contribution is 2.30. The van der Waals surface area contributed by atoms with E-state index in [1.807, 2.05) is 10.8 Å². The minimum atomic E-state index is -3.59. The van der Waals surface area contributed by atoms with E-state index in [0.717, 1.165) is 27.9 Å². The molecule has 0 bridgehead atoms. The lowest BCUT2D eigenvalue weighted by molar-refractivity contribution is 0.0983. The number of carbonyl (C=O) groups is 2. The number of amides is 1. The molecule has 4 rings (SSSR count). The highest BCUT2D eigenvalue weighted by molar-refractivity contribution is 9.10. The van der Waals surface area contributed by atoms with E-state index in [1.54, 1.807) is 24.4 Å². The number of rotatable bonds is 3. The molecule has 31 heavy (non-hydrogen) atoms. The van der Waals surface area contributed by atoms with Crippen molar-refractivity contribution in [2.45, 2.75) is 0 Å². The number of carbonyl (C=O) groups excluding carboxylic acids is 2. The van der Waals surface area contributed by atoms with Crippen LogP contribution in [0.15, 0.2) is 45.6 Å². The Balaban J connectivity index is 0.000000185. The third-order valence-electron chi connectivity index (χ3n) is 4.13. The molecule has 2 aromatic heterocycles. The second kappa shape index (κ2) is 9.33. The number of aromatic nitrogens is 2. The summed E-state index contributed by atoms with van der Waals surface area (Å²) in [5, 5.41) is 2.60. The van der Waals surface area contributed by atoms with Gasteiger partial charge in [0.05, 0.1) is 21.9 Å². The lowest BCUT2D eigenvalue weighted by Gasteiger charge is -2.02. The van der Waals surface area contributed by atoms with Crippen LogP contribution >= 0.6 is 55.1 Å². The van der Waals surface area contributed by atoms with Gasteiger partial charge in [-0.25, -0.2) is 13.1 Å². The third-order valence-corrected chi connectivity index (χ3v) is 7.08. The second-order valence-corrected chi connectivity index (χ2v) is 10.7. The summed E-state index contributed by atoms with van der Waals surface area (Å²) >= 11 is 18.4. The van der Waals surface area contributed by atoms with Gasteiger partial charge in [0, 0.05) is 48.7 Å². The molecule has 7 nitrogen and oxygen atoms in total. The van der Waals surface area contributed by atoms with Crippen LogP contribution in [0.1, 0.15) is 20.7 Å². The number of benzene rings is 2. The standard InChI is InChI=1S/C10H8BrClN2O3S.C9H5BrClNO/c1-18(16,17)14-10(15)6-4-13-9-3-8(12)7(11)2-5(6)9;10-7-1-6-5(4-13)3-12-9(6)2-8(7)11/h2-4,13H,1H3,(H,14,15);1-4,12H. The molecule has 0 saturated heterocycles. The average Bonchev–Trinajstić information content (AvgIpc) is 3.25. The zero-order valence-corrected chi connectivity index (χ0v) is 21.1. The number of aldehydes is 1. The van der Waals surface area contributed by atoms with Gasteiger partial charge in [-0.1, -0.05) is 23.2 Å². The summed E-state index contributed by atoms with van der Waals surface area (Å²) in [4.78, 5) is 28.2. The van der Waals surface area contributed by atoms with E-state index in [1.165, 1.54) is 6.20 Å². The Morgan fingerprint density at radius 1 is 0.968 bits per heavy atom. The summed E-state index contributed by atoms with van der Waals surface area (Å²) in [6, 6.07) is 6.93. The molecule has 0 saturated carbocycles. The summed E-state index contributed by atoms with van der Waals surface area (Å²) in [5.41, 5.74) is 2.41. The summed E-state index contributed by atoms with van der Waals surface area (Å²) in [5.74, 6) is -0.682. The molecule has 2 aromatic carbocycles. The first-order valence-corrected chi connectivity index (χ1v) is 12.6. The fraction of sp³-hybridized carbons (Fsp3) is 0.0526. The predicted octanol–water partition coefficient (Wildman–Crippen LogP) is 5.67. The van der Waals surface area contributed by atoms with Gasteiger partial charge in [0.15, 0.2) is 6.29 Å². The van der Waals surface area contributed by atoms with Crippen molar-refractivity contribution in [1.29, 1.82) is 0 Å². The van der Waals surface area contributed by atoms with Gasteiger partial charge in [0.2, 0.25) is 10.0 Å². The van der Waals surface area contributed by atoms with Crippen LogP contribution in [0, 0.1) is 0 Å². The molecule has 4 aromatic rings. The Morgan fingerprint density at radius 2 is 1.48 bits per heavy atom. The van der Waals surface area contributed by atoms with E-state index < -0.39 is 15.9 Å². The number of hydrogen-bond acceptors (Lipinski definition) is 4. The van der Waals surface area contributed by atoms with Crippen LogP contribution in [-0.4, -0.2) is 36.8 Å². The Labute approximate surface area is 203 Å². The Kier molecular flexibility index (Phi) is 7.17. The van der Waals surface area contributed by atoms with Crippen LogP contribution < -0.4 is 4.72 Å². The summed E-state index contributed by atoms with van der Waals surface area (Å²) in [6.45, 7) is 0. The van der Waals surface area contributed by atoms with E-state index in [4.69, 9.17) is 23.2 Å². The van der Waals surface area contributed by atoms with Crippen molar-refractivity contribution in [1.82, 2.24) is 14.7 Å². The second-order valence-electron chi connectivity index (χ2n) is 6.39. The maximum Gasteiger partial charge on any atom is 0.266 e. The monoisotopic (exact) mass is 607 g/mol. The van der Waals surface area contributed by atoms with Crippen molar-refractivity contribution >= 4 is 99.1 Å². The van der Waals surface area contributed by atoms with Gasteiger partial charge in [0.1, 0.15) is 0 Å². The lowest BCUT2D eigenvalue weighted by Crippen LogP contribution is -2.29. The van der Waals surface area contributed by atoms with Gasteiger partial charge in [-0.2, -0.15) is 0 Å². The van der Waals surface area contributed by atoms with Gasteiger partial charge in [-0.3, -0.25) is 9.59 Å². The first kappa shape index (κ1) is 23.8. The quantitative estimate of drug-likeness (QED) is 0.260. The predicted molar refractivity (Wildman–Crippen MR) is 130 cm³/mol. The number of halogens is 4. The molecule has 0 spiro atoms. The highest BCUT2D eigenvalue weighted by atomic mass is 79.9. The molecule has 0 atom stereocenters. The molecule has 162 valence electrons. The Morgan fingerprint density at radius 3 is 2.03 bits per heavy atom. The molecule has 0 radical (unpaired) electrons. The van der Waals surface area contributed by atoms with Crippen LogP contribution in [0.3, 0.4) is 0 Å². The van der Waals surface area contributed by atoms with Gasteiger partial charge in [0.25, 0.3) is 5.91 Å². The number of fused-ring (bicyclic) bond motifs is 2. The van der Waals surface area contributed by atoms with Gasteiger partial charge >= 0.3 is 0 Å². The van der Waals surface area contributed by atoms with E-state index >= 15 is 0 Å². The molecular formula is C19H13Br2Cl2N3O4S. The van der Waals surface area contributed by atoms with Gasteiger partial charge in [-0.15, -0.1) is 0 Å². The van der Waals surface area contributed by atoms with Crippen LogP contribution in [0.2, 0.25) is 10.0 Å². The third kappa shape index (κ3) is 5.50. The van der Waals surface area contributed by atoms with Crippen molar-refractivity contribution in [2.75, 3.05) is 6.26 Å². The first-order chi connectivity index (χ1) is 14.5. The number of sulfonamides is 1. The van der Waals surface area contributed by atoms with E-state index in [9.17, 15) is 18.0 Å². The largest absolute Gasteiger partial charge is 0.360 e. The van der Waals surface area contributed by atoms with Crippen LogP contribution in [0.4, 0.5) is 0 Å². The lowest BCUT2D eigenvalue weighted by atomic mass is 10.2. The van der Waals surface area contributed by atoms with Gasteiger partial charge in [-0.05, 0) is 56.1 Å². The Bertz CT molecular complexity index is 1430.